The molecule has 2 rings (SSSR count). The maximum Gasteiger partial charge on any atom is 0.411 e. The van der Waals surface area contributed by atoms with Gasteiger partial charge >= 0.3 is 12.1 Å². The average molecular weight is 388 g/mol. The summed E-state index contributed by atoms with van der Waals surface area (Å²) in [6.45, 7) is 4.57. The largest absolute Gasteiger partial charge is 0.466 e. The Morgan fingerprint density at radius 3 is 2.39 bits per heavy atom. The number of esters is 1. The minimum atomic E-state index is -0.560. The molecule has 2 aromatic carbocycles. The molecule has 0 aliphatic heterocycles. The van der Waals surface area contributed by atoms with Crippen molar-refractivity contribution in [2.24, 2.45) is 0 Å². The molecule has 0 saturated carbocycles. The molecule has 0 unspecified atom stereocenters. The molecule has 1 amide bonds. The van der Waals surface area contributed by atoms with Crippen LogP contribution < -0.4 is 10.6 Å². The van der Waals surface area contributed by atoms with Crippen LogP contribution in [0.3, 0.4) is 0 Å². The van der Waals surface area contributed by atoms with Gasteiger partial charge in [0, 0.05) is 24.3 Å². The monoisotopic (exact) mass is 388 g/mol. The van der Waals surface area contributed by atoms with Crippen LogP contribution in [-0.4, -0.2) is 25.3 Å². The standard InChI is InChI=1S/C21H25FN2O4/c1-3-27-20(25)12-8-16-7-11-18(13-19(16)24-21(26)28-4-2)23-14-15-5-9-17(22)10-6-15/h5-7,9-11,13,23H,3-4,8,12,14H2,1-2H3,(H,24,26). The number of rotatable bonds is 9. The van der Waals surface area contributed by atoms with E-state index in [-0.39, 0.29) is 24.8 Å². The van der Waals surface area contributed by atoms with Gasteiger partial charge in [0.1, 0.15) is 5.82 Å². The summed E-state index contributed by atoms with van der Waals surface area (Å²) in [7, 11) is 0. The normalized spacial score (nSPS) is 10.2. The Labute approximate surface area is 164 Å². The Bertz CT molecular complexity index is 793. The van der Waals surface area contributed by atoms with Gasteiger partial charge in [-0.25, -0.2) is 9.18 Å². The van der Waals surface area contributed by atoms with Crippen LogP contribution in [0.2, 0.25) is 0 Å². The molecule has 0 bridgehead atoms. The van der Waals surface area contributed by atoms with Gasteiger partial charge in [-0.2, -0.15) is 0 Å². The number of benzene rings is 2. The number of nitrogens with one attached hydrogen (secondary N) is 2. The lowest BCUT2D eigenvalue weighted by Crippen LogP contribution is -2.15. The first-order chi connectivity index (χ1) is 13.5. The highest BCUT2D eigenvalue weighted by Crippen LogP contribution is 2.23. The molecule has 0 aliphatic rings. The van der Waals surface area contributed by atoms with Crippen LogP contribution in [0.25, 0.3) is 0 Å². The molecular weight excluding hydrogens is 363 g/mol. The van der Waals surface area contributed by atoms with Crippen molar-refractivity contribution in [2.45, 2.75) is 33.2 Å². The predicted molar refractivity (Wildman–Crippen MR) is 106 cm³/mol. The van der Waals surface area contributed by atoms with Gasteiger partial charge in [-0.1, -0.05) is 18.2 Å². The lowest BCUT2D eigenvalue weighted by molar-refractivity contribution is -0.143. The van der Waals surface area contributed by atoms with Crippen LogP contribution in [0.1, 0.15) is 31.4 Å². The minimum absolute atomic E-state index is 0.216. The summed E-state index contributed by atoms with van der Waals surface area (Å²) in [5.74, 6) is -0.571. The van der Waals surface area contributed by atoms with E-state index in [1.807, 2.05) is 12.1 Å². The van der Waals surface area contributed by atoms with Crippen molar-refractivity contribution in [1.82, 2.24) is 0 Å². The summed E-state index contributed by atoms with van der Waals surface area (Å²) < 4.78 is 22.9. The second kappa shape index (κ2) is 10.9. The van der Waals surface area contributed by atoms with Crippen molar-refractivity contribution in [3.8, 4) is 0 Å². The number of amides is 1. The molecule has 28 heavy (non-hydrogen) atoms. The Kier molecular flexibility index (Phi) is 8.27. The van der Waals surface area contributed by atoms with E-state index < -0.39 is 6.09 Å². The molecule has 6 nitrogen and oxygen atoms in total. The molecule has 0 heterocycles. The van der Waals surface area contributed by atoms with Crippen LogP contribution in [-0.2, 0) is 27.2 Å². The molecule has 2 N–H and O–H groups in total. The predicted octanol–water partition coefficient (Wildman–Crippen LogP) is 4.50. The number of carbonyl (C=O) groups excluding carboxylic acids is 2. The first-order valence-electron chi connectivity index (χ1n) is 9.22. The van der Waals surface area contributed by atoms with Crippen LogP contribution in [0, 0.1) is 5.82 Å². The molecular formula is C21H25FN2O4. The van der Waals surface area contributed by atoms with Gasteiger partial charge in [-0.3, -0.25) is 10.1 Å². The Hall–Kier alpha value is -3.09. The molecule has 0 radical (unpaired) electrons. The zero-order valence-electron chi connectivity index (χ0n) is 16.1. The fourth-order valence-electron chi connectivity index (χ4n) is 2.57. The van der Waals surface area contributed by atoms with E-state index in [0.29, 0.717) is 25.3 Å². The molecule has 0 aliphatic carbocycles. The maximum absolute atomic E-state index is 13.0. The summed E-state index contributed by atoms with van der Waals surface area (Å²) in [6, 6.07) is 11.7. The first-order valence-corrected chi connectivity index (χ1v) is 9.22. The lowest BCUT2D eigenvalue weighted by atomic mass is 10.1. The third-order valence-corrected chi connectivity index (χ3v) is 3.94. The van der Waals surface area contributed by atoms with E-state index in [9.17, 15) is 14.0 Å². The van der Waals surface area contributed by atoms with Gasteiger partial charge in [0.2, 0.25) is 0 Å². The Morgan fingerprint density at radius 2 is 1.71 bits per heavy atom. The Morgan fingerprint density at radius 1 is 1.00 bits per heavy atom. The fraction of sp³-hybridized carbons (Fsp3) is 0.333. The highest BCUT2D eigenvalue weighted by molar-refractivity contribution is 5.87. The zero-order valence-corrected chi connectivity index (χ0v) is 16.1. The number of aryl methyl sites for hydroxylation is 1. The summed E-state index contributed by atoms with van der Waals surface area (Å²) >= 11 is 0. The third-order valence-electron chi connectivity index (χ3n) is 3.94. The molecule has 0 atom stereocenters. The molecule has 0 saturated heterocycles. The van der Waals surface area contributed by atoms with Crippen LogP contribution in [0.5, 0.6) is 0 Å². The fourth-order valence-corrected chi connectivity index (χ4v) is 2.57. The number of hydrogen-bond acceptors (Lipinski definition) is 5. The van der Waals surface area contributed by atoms with Crippen LogP contribution >= 0.6 is 0 Å². The van der Waals surface area contributed by atoms with E-state index >= 15 is 0 Å². The van der Waals surface area contributed by atoms with E-state index in [1.54, 1.807) is 32.0 Å². The molecule has 0 fully saturated rings. The number of carbonyl (C=O) groups is 2. The van der Waals surface area contributed by atoms with Gasteiger partial charge in [0.05, 0.1) is 13.2 Å². The van der Waals surface area contributed by atoms with Gasteiger partial charge in [-0.05, 0) is 55.7 Å². The van der Waals surface area contributed by atoms with Crippen molar-refractivity contribution in [3.05, 3.63) is 59.4 Å². The average Bonchev–Trinajstić information content (AvgIpc) is 2.67. The minimum Gasteiger partial charge on any atom is -0.466 e. The van der Waals surface area contributed by atoms with Crippen LogP contribution in [0.4, 0.5) is 20.6 Å². The van der Waals surface area contributed by atoms with E-state index in [1.165, 1.54) is 12.1 Å². The maximum atomic E-state index is 13.0. The topological polar surface area (TPSA) is 76.7 Å². The first kappa shape index (κ1) is 21.2. The second-order valence-corrected chi connectivity index (χ2v) is 6.00. The molecule has 150 valence electrons. The van der Waals surface area contributed by atoms with E-state index in [4.69, 9.17) is 9.47 Å². The second-order valence-electron chi connectivity index (χ2n) is 6.00. The smallest absolute Gasteiger partial charge is 0.411 e. The number of anilines is 2. The highest BCUT2D eigenvalue weighted by Gasteiger charge is 2.11. The van der Waals surface area contributed by atoms with Crippen molar-refractivity contribution >= 4 is 23.4 Å². The van der Waals surface area contributed by atoms with Gasteiger partial charge in [-0.15, -0.1) is 0 Å². The number of ether oxygens (including phenoxy) is 2. The zero-order chi connectivity index (χ0) is 20.4. The summed E-state index contributed by atoms with van der Waals surface area (Å²) in [6.07, 6.45) is 0.0857. The third kappa shape index (κ3) is 6.90. The number of halogens is 1. The van der Waals surface area contributed by atoms with Crippen LogP contribution in [0.15, 0.2) is 42.5 Å². The summed E-state index contributed by atoms with van der Waals surface area (Å²) in [4.78, 5) is 23.5. The van der Waals surface area contributed by atoms with Crippen molar-refractivity contribution < 1.29 is 23.5 Å². The summed E-state index contributed by atoms with van der Waals surface area (Å²) in [5.41, 5.74) is 3.06. The van der Waals surface area contributed by atoms with Crippen molar-refractivity contribution in [1.29, 1.82) is 0 Å². The van der Waals surface area contributed by atoms with E-state index in [0.717, 1.165) is 16.8 Å². The highest BCUT2D eigenvalue weighted by atomic mass is 19.1. The Balaban J connectivity index is 2.10. The van der Waals surface area contributed by atoms with Gasteiger partial charge < -0.3 is 14.8 Å². The van der Waals surface area contributed by atoms with Gasteiger partial charge in [0.25, 0.3) is 0 Å². The van der Waals surface area contributed by atoms with E-state index in [2.05, 4.69) is 10.6 Å². The SMILES string of the molecule is CCOC(=O)CCc1ccc(NCc2ccc(F)cc2)cc1NC(=O)OCC. The molecule has 7 heteroatoms. The van der Waals surface area contributed by atoms with Crippen molar-refractivity contribution in [3.63, 3.8) is 0 Å². The quantitative estimate of drug-likeness (QED) is 0.619. The molecule has 0 spiro atoms. The van der Waals surface area contributed by atoms with Crippen molar-refractivity contribution in [2.75, 3.05) is 23.8 Å². The number of hydrogen-bond donors (Lipinski definition) is 2. The lowest BCUT2D eigenvalue weighted by Gasteiger charge is -2.14. The van der Waals surface area contributed by atoms with Gasteiger partial charge in [0.15, 0.2) is 0 Å². The molecule has 0 aromatic heterocycles. The summed E-state index contributed by atoms with van der Waals surface area (Å²) in [5, 5.41) is 5.94. The molecule has 2 aromatic rings.